The van der Waals surface area contributed by atoms with Crippen molar-refractivity contribution in [2.45, 2.75) is 98.2 Å². The van der Waals surface area contributed by atoms with Crippen molar-refractivity contribution in [3.05, 3.63) is 69.8 Å². The average molecular weight is 766 g/mol. The Morgan fingerprint density at radius 3 is 1.46 bits per heavy atom. The molecule has 18 heteroatoms. The second-order valence-electron chi connectivity index (χ2n) is 14.0. The number of amides is 4. The number of nitrogens with one attached hydrogen (secondary N) is 2. The lowest BCUT2D eigenvalue weighted by Crippen LogP contribution is -2.59. The minimum absolute atomic E-state index is 0. The van der Waals surface area contributed by atoms with Crippen LogP contribution in [0.4, 0.5) is 27.2 Å². The number of benzene rings is 2. The third-order valence-electron chi connectivity index (χ3n) is 7.68. The van der Waals surface area contributed by atoms with Crippen molar-refractivity contribution < 1.29 is 51.1 Å². The molecule has 4 amide bonds. The number of carbonyl (C=O) groups excluding carboxylic acids is 4. The van der Waals surface area contributed by atoms with Crippen LogP contribution in [0.1, 0.15) is 84.1 Å². The van der Waals surface area contributed by atoms with Gasteiger partial charge in [0.1, 0.15) is 53.7 Å². The molecule has 0 aliphatic carbocycles. The lowest BCUT2D eigenvalue weighted by atomic mass is 10.0. The molecule has 0 bridgehead atoms. The van der Waals surface area contributed by atoms with Crippen LogP contribution in [-0.2, 0) is 37.0 Å². The van der Waals surface area contributed by atoms with Crippen LogP contribution in [0, 0.1) is 34.6 Å². The maximum atomic E-state index is 14.2. The molecule has 0 saturated carbocycles. The van der Waals surface area contributed by atoms with E-state index in [0.29, 0.717) is 25.9 Å². The molecule has 2 heterocycles. The third kappa shape index (κ3) is 12.0. The highest BCUT2D eigenvalue weighted by atomic mass is 19.1. The number of amidine groups is 1. The number of halogens is 4. The standard InChI is InChI=1S/C18H24F2N4O4.C17H19F2N3O3.CH4/c1-18(2,3)28-17(26)24-6-5-14(24)16(25)22-9-11-12(19)7-10(8-13(11)20)15(21)23-27-4;1-17(2,3)25-16(24)22-5-4-14(22)15(23)21-9-11-12(18)6-10(8-20)7-13(11)19;/h7-8,14H,5-6,9H2,1-4H3,(H2,21,23)(H,22,25);6-7,14H,4-5,9H2,1-3H3,(H,21,23);1H4/t2*14-;/m00./s1. The second-order valence-corrected chi connectivity index (χ2v) is 14.0. The monoisotopic (exact) mass is 765 g/mol. The molecule has 2 atom stereocenters. The summed E-state index contributed by atoms with van der Waals surface area (Å²) in [4.78, 5) is 55.5. The number of rotatable bonds is 8. The molecule has 2 aromatic rings. The summed E-state index contributed by atoms with van der Waals surface area (Å²) in [5.74, 6) is -4.80. The van der Waals surface area contributed by atoms with Crippen molar-refractivity contribution in [2.24, 2.45) is 10.9 Å². The highest BCUT2D eigenvalue weighted by molar-refractivity contribution is 5.97. The molecule has 2 saturated heterocycles. The lowest BCUT2D eigenvalue weighted by Gasteiger charge is -2.40. The van der Waals surface area contributed by atoms with Gasteiger partial charge in [0.15, 0.2) is 5.84 Å². The molecule has 2 fully saturated rings. The van der Waals surface area contributed by atoms with Gasteiger partial charge in [0.2, 0.25) is 11.8 Å². The van der Waals surface area contributed by atoms with Gasteiger partial charge in [-0.25, -0.2) is 27.2 Å². The Balaban J connectivity index is 0.000000369. The summed E-state index contributed by atoms with van der Waals surface area (Å²) in [6, 6.07) is 4.00. The number of likely N-dealkylation sites (tertiary alicyclic amines) is 2. The first-order valence-corrected chi connectivity index (χ1v) is 16.4. The fourth-order valence-corrected chi connectivity index (χ4v) is 4.89. The van der Waals surface area contributed by atoms with Gasteiger partial charge < -0.3 is 30.7 Å². The number of hydrogen-bond acceptors (Lipinski definition) is 9. The summed E-state index contributed by atoms with van der Waals surface area (Å²) in [6.07, 6.45) is -0.314. The SMILES string of the molecule is C.CC(C)(C)OC(=O)N1CC[C@H]1C(=O)NCc1c(F)cc(C#N)cc1F.CO/N=C(/N)c1cc(F)c(CNC(=O)[C@@H]2CCN2C(=O)OC(C)(C)C)c(F)c1. The normalized spacial score (nSPS) is 16.5. The van der Waals surface area contributed by atoms with Crippen molar-refractivity contribution >= 4 is 29.8 Å². The van der Waals surface area contributed by atoms with Crippen LogP contribution in [0.2, 0.25) is 0 Å². The predicted molar refractivity (Wildman–Crippen MR) is 188 cm³/mol. The van der Waals surface area contributed by atoms with Gasteiger partial charge in [-0.15, -0.1) is 0 Å². The number of nitrogens with zero attached hydrogens (tertiary/aromatic N) is 4. The molecule has 2 aromatic carbocycles. The Kier molecular flexibility index (Phi) is 15.2. The molecule has 4 rings (SSSR count). The maximum absolute atomic E-state index is 14.2. The number of ether oxygens (including phenoxy) is 2. The van der Waals surface area contributed by atoms with E-state index in [4.69, 9.17) is 20.5 Å². The first-order valence-electron chi connectivity index (χ1n) is 16.4. The van der Waals surface area contributed by atoms with E-state index in [0.717, 1.165) is 24.3 Å². The summed E-state index contributed by atoms with van der Waals surface area (Å²) in [5.41, 5.74) is 3.39. The first kappa shape index (κ1) is 44.6. The van der Waals surface area contributed by atoms with Crippen LogP contribution < -0.4 is 16.4 Å². The second kappa shape index (κ2) is 18.4. The summed E-state index contributed by atoms with van der Waals surface area (Å²) < 4.78 is 66.5. The molecule has 54 heavy (non-hydrogen) atoms. The van der Waals surface area contributed by atoms with E-state index in [1.807, 2.05) is 0 Å². The summed E-state index contributed by atoms with van der Waals surface area (Å²) in [5, 5.41) is 16.9. The molecule has 4 N–H and O–H groups in total. The smallest absolute Gasteiger partial charge is 0.410 e. The van der Waals surface area contributed by atoms with Gasteiger partial charge in [-0.2, -0.15) is 5.26 Å². The molecule has 296 valence electrons. The molecule has 14 nitrogen and oxygen atoms in total. The van der Waals surface area contributed by atoms with Gasteiger partial charge in [0, 0.05) is 42.9 Å². The Labute approximate surface area is 311 Å². The summed E-state index contributed by atoms with van der Waals surface area (Å²) >= 11 is 0. The minimum Gasteiger partial charge on any atom is -0.444 e. The largest absolute Gasteiger partial charge is 0.444 e. The van der Waals surface area contributed by atoms with Crippen molar-refractivity contribution in [3.8, 4) is 6.07 Å². The molecule has 0 spiro atoms. The Morgan fingerprint density at radius 1 is 0.796 bits per heavy atom. The van der Waals surface area contributed by atoms with E-state index in [1.54, 1.807) is 47.6 Å². The highest BCUT2D eigenvalue weighted by Crippen LogP contribution is 2.24. The van der Waals surface area contributed by atoms with Gasteiger partial charge in [-0.05, 0) is 78.6 Å². The zero-order valence-corrected chi connectivity index (χ0v) is 30.4. The van der Waals surface area contributed by atoms with Gasteiger partial charge in [0.05, 0.1) is 11.6 Å². The number of nitrogens with two attached hydrogens (primary N) is 1. The van der Waals surface area contributed by atoms with E-state index in [9.17, 15) is 36.7 Å². The number of carbonyl (C=O) groups is 4. The fourth-order valence-electron chi connectivity index (χ4n) is 4.89. The van der Waals surface area contributed by atoms with Crippen LogP contribution in [0.3, 0.4) is 0 Å². The van der Waals surface area contributed by atoms with Gasteiger partial charge in [0.25, 0.3) is 0 Å². The number of nitriles is 1. The van der Waals surface area contributed by atoms with E-state index < -0.39 is 70.6 Å². The van der Waals surface area contributed by atoms with Crippen LogP contribution in [0.5, 0.6) is 0 Å². The Hall–Kier alpha value is -5.60. The summed E-state index contributed by atoms with van der Waals surface area (Å²) in [6.45, 7) is 10.3. The van der Waals surface area contributed by atoms with E-state index >= 15 is 0 Å². The van der Waals surface area contributed by atoms with Crippen molar-refractivity contribution in [3.63, 3.8) is 0 Å². The van der Waals surface area contributed by atoms with E-state index in [-0.39, 0.29) is 48.6 Å². The molecule has 0 unspecified atom stereocenters. The molecular weight excluding hydrogens is 718 g/mol. The lowest BCUT2D eigenvalue weighted by molar-refractivity contribution is -0.131. The van der Waals surface area contributed by atoms with Crippen LogP contribution in [0.25, 0.3) is 0 Å². The Bertz CT molecular complexity index is 1740. The number of oxime groups is 1. The topological polar surface area (TPSA) is 189 Å². The van der Waals surface area contributed by atoms with Crippen molar-refractivity contribution in [1.82, 2.24) is 20.4 Å². The third-order valence-corrected chi connectivity index (χ3v) is 7.68. The first-order chi connectivity index (χ1) is 24.6. The van der Waals surface area contributed by atoms with E-state index in [1.165, 1.54) is 16.9 Å². The zero-order chi connectivity index (χ0) is 39.8. The average Bonchev–Trinajstić information content (AvgIpc) is 2.97. The van der Waals surface area contributed by atoms with E-state index in [2.05, 4.69) is 20.6 Å². The minimum atomic E-state index is -0.908. The highest BCUT2D eigenvalue weighted by Gasteiger charge is 2.41. The van der Waals surface area contributed by atoms with Crippen LogP contribution in [-0.4, -0.2) is 83.1 Å². The summed E-state index contributed by atoms with van der Waals surface area (Å²) in [7, 11) is 1.25. The Morgan fingerprint density at radius 2 is 1.17 bits per heavy atom. The molecule has 0 radical (unpaired) electrons. The van der Waals surface area contributed by atoms with Gasteiger partial charge >= 0.3 is 12.2 Å². The number of hydrogen-bond donors (Lipinski definition) is 3. The van der Waals surface area contributed by atoms with Gasteiger partial charge in [-0.1, -0.05) is 12.6 Å². The molecular formula is C36H47F4N7O7. The molecule has 0 aromatic heterocycles. The quantitative estimate of drug-likeness (QED) is 0.145. The van der Waals surface area contributed by atoms with Gasteiger partial charge in [-0.3, -0.25) is 19.4 Å². The van der Waals surface area contributed by atoms with Crippen molar-refractivity contribution in [2.75, 3.05) is 20.2 Å². The predicted octanol–water partition coefficient (Wildman–Crippen LogP) is 4.96. The van der Waals surface area contributed by atoms with Crippen LogP contribution in [0.15, 0.2) is 29.4 Å². The zero-order valence-electron chi connectivity index (χ0n) is 30.4. The molecule has 2 aliphatic rings. The molecule has 2 aliphatic heterocycles. The van der Waals surface area contributed by atoms with Crippen LogP contribution >= 0.6 is 0 Å². The fraction of sp³-hybridized carbons (Fsp3) is 0.500. The van der Waals surface area contributed by atoms with Crippen molar-refractivity contribution in [1.29, 1.82) is 5.26 Å². The maximum Gasteiger partial charge on any atom is 0.410 e.